The van der Waals surface area contributed by atoms with Crippen molar-refractivity contribution in [3.8, 4) is 11.3 Å². The molecule has 0 amide bonds. The van der Waals surface area contributed by atoms with E-state index in [1.165, 1.54) is 36.0 Å². The van der Waals surface area contributed by atoms with Crippen LogP contribution in [0, 0.1) is 0 Å². The first-order valence-electron chi connectivity index (χ1n) is 6.21. The summed E-state index contributed by atoms with van der Waals surface area (Å²) in [6.45, 7) is 1.48. The van der Waals surface area contributed by atoms with Crippen molar-refractivity contribution in [3.05, 3.63) is 41.9 Å². The molecule has 0 unspecified atom stereocenters. The Balaban J connectivity index is 1.92. The van der Waals surface area contributed by atoms with E-state index in [1.54, 1.807) is 0 Å². The van der Waals surface area contributed by atoms with E-state index in [4.69, 9.17) is 5.73 Å². The third-order valence-electron chi connectivity index (χ3n) is 3.41. The first-order chi connectivity index (χ1) is 8.36. The van der Waals surface area contributed by atoms with E-state index in [0.29, 0.717) is 6.54 Å². The van der Waals surface area contributed by atoms with Crippen LogP contribution < -0.4 is 5.73 Å². The molecule has 1 aliphatic carbocycles. The van der Waals surface area contributed by atoms with Gasteiger partial charge in [-0.05, 0) is 36.5 Å². The maximum absolute atomic E-state index is 5.53. The van der Waals surface area contributed by atoms with Crippen LogP contribution in [0.5, 0.6) is 0 Å². The number of rotatable bonds is 3. The molecule has 3 heteroatoms. The summed E-state index contributed by atoms with van der Waals surface area (Å²) in [4.78, 5) is 4.44. The zero-order chi connectivity index (χ0) is 11.7. The molecule has 3 rings (SSSR count). The van der Waals surface area contributed by atoms with Crippen molar-refractivity contribution in [2.45, 2.75) is 25.8 Å². The molecule has 0 saturated carbocycles. The lowest BCUT2D eigenvalue weighted by atomic mass is 10.0. The SMILES string of the molecule is NCCn1cnc(-c2ccc3c(c2)CCC3)c1. The van der Waals surface area contributed by atoms with Crippen LogP contribution in [0.3, 0.4) is 0 Å². The lowest BCUT2D eigenvalue weighted by molar-refractivity contribution is 0.708. The number of fused-ring (bicyclic) bond motifs is 1. The Kier molecular flexibility index (Phi) is 2.69. The van der Waals surface area contributed by atoms with E-state index in [9.17, 15) is 0 Å². The fourth-order valence-electron chi connectivity index (χ4n) is 2.51. The first kappa shape index (κ1) is 10.5. The predicted octanol–water partition coefficient (Wildman–Crippen LogP) is 2.00. The van der Waals surface area contributed by atoms with Gasteiger partial charge in [-0.3, -0.25) is 0 Å². The van der Waals surface area contributed by atoms with Crippen LogP contribution in [0.2, 0.25) is 0 Å². The monoisotopic (exact) mass is 227 g/mol. The number of hydrogen-bond acceptors (Lipinski definition) is 2. The smallest absolute Gasteiger partial charge is 0.0954 e. The number of imidazole rings is 1. The average molecular weight is 227 g/mol. The van der Waals surface area contributed by atoms with E-state index in [2.05, 4.69) is 29.4 Å². The third-order valence-corrected chi connectivity index (χ3v) is 3.41. The minimum atomic E-state index is 0.653. The number of nitrogens with zero attached hydrogens (tertiary/aromatic N) is 2. The molecule has 0 radical (unpaired) electrons. The molecular formula is C14H17N3. The van der Waals surface area contributed by atoms with Crippen LogP contribution in [-0.2, 0) is 19.4 Å². The number of benzene rings is 1. The average Bonchev–Trinajstić information content (AvgIpc) is 2.96. The summed E-state index contributed by atoms with van der Waals surface area (Å²) in [6, 6.07) is 6.72. The molecule has 1 aromatic carbocycles. The van der Waals surface area contributed by atoms with Crippen molar-refractivity contribution in [3.63, 3.8) is 0 Å². The van der Waals surface area contributed by atoms with E-state index in [1.807, 2.05) is 10.9 Å². The van der Waals surface area contributed by atoms with Crippen LogP contribution >= 0.6 is 0 Å². The van der Waals surface area contributed by atoms with Crippen LogP contribution in [0.25, 0.3) is 11.3 Å². The van der Waals surface area contributed by atoms with Gasteiger partial charge in [-0.2, -0.15) is 0 Å². The van der Waals surface area contributed by atoms with Gasteiger partial charge in [-0.15, -0.1) is 0 Å². The Bertz CT molecular complexity index is 528. The van der Waals surface area contributed by atoms with E-state index in [0.717, 1.165) is 12.2 Å². The first-order valence-corrected chi connectivity index (χ1v) is 6.21. The highest BCUT2D eigenvalue weighted by Gasteiger charge is 2.12. The number of hydrogen-bond donors (Lipinski definition) is 1. The summed E-state index contributed by atoms with van der Waals surface area (Å²) in [5.74, 6) is 0. The second-order valence-electron chi connectivity index (χ2n) is 4.62. The lowest BCUT2D eigenvalue weighted by Crippen LogP contribution is -2.07. The van der Waals surface area contributed by atoms with Gasteiger partial charge in [0.15, 0.2) is 0 Å². The third kappa shape index (κ3) is 1.98. The fraction of sp³-hybridized carbons (Fsp3) is 0.357. The highest BCUT2D eigenvalue weighted by atomic mass is 15.0. The number of aryl methyl sites for hydroxylation is 2. The van der Waals surface area contributed by atoms with Gasteiger partial charge in [0.05, 0.1) is 12.0 Å². The largest absolute Gasteiger partial charge is 0.336 e. The summed E-state index contributed by atoms with van der Waals surface area (Å²) in [5.41, 5.74) is 10.8. The maximum Gasteiger partial charge on any atom is 0.0954 e. The van der Waals surface area contributed by atoms with Crippen molar-refractivity contribution >= 4 is 0 Å². The highest BCUT2D eigenvalue weighted by Crippen LogP contribution is 2.27. The predicted molar refractivity (Wildman–Crippen MR) is 68.7 cm³/mol. The van der Waals surface area contributed by atoms with Gasteiger partial charge in [0.25, 0.3) is 0 Å². The number of nitrogens with two attached hydrogens (primary N) is 1. The summed E-state index contributed by atoms with van der Waals surface area (Å²) >= 11 is 0. The molecule has 1 aromatic heterocycles. The van der Waals surface area contributed by atoms with Gasteiger partial charge in [0.2, 0.25) is 0 Å². The molecule has 2 aromatic rings. The molecule has 0 atom stereocenters. The van der Waals surface area contributed by atoms with E-state index in [-0.39, 0.29) is 0 Å². The second-order valence-corrected chi connectivity index (χ2v) is 4.62. The van der Waals surface area contributed by atoms with Gasteiger partial charge in [-0.25, -0.2) is 4.98 Å². The Morgan fingerprint density at radius 2 is 2.12 bits per heavy atom. The highest BCUT2D eigenvalue weighted by molar-refractivity contribution is 5.60. The molecule has 1 heterocycles. The van der Waals surface area contributed by atoms with E-state index < -0.39 is 0 Å². The Morgan fingerprint density at radius 3 is 3.00 bits per heavy atom. The Hall–Kier alpha value is -1.61. The van der Waals surface area contributed by atoms with Crippen molar-refractivity contribution < 1.29 is 0 Å². The summed E-state index contributed by atoms with van der Waals surface area (Å²) in [5, 5.41) is 0. The Labute approximate surface area is 101 Å². The quantitative estimate of drug-likeness (QED) is 0.871. The normalized spacial score (nSPS) is 13.9. The van der Waals surface area contributed by atoms with Gasteiger partial charge in [-0.1, -0.05) is 12.1 Å². The van der Waals surface area contributed by atoms with E-state index >= 15 is 0 Å². The van der Waals surface area contributed by atoms with Gasteiger partial charge >= 0.3 is 0 Å². The topological polar surface area (TPSA) is 43.8 Å². The molecule has 3 nitrogen and oxygen atoms in total. The molecule has 17 heavy (non-hydrogen) atoms. The van der Waals surface area contributed by atoms with Crippen molar-refractivity contribution in [1.29, 1.82) is 0 Å². The molecule has 0 aliphatic heterocycles. The standard InChI is InChI=1S/C14H17N3/c15-6-7-17-9-14(16-10-17)13-5-4-11-2-1-3-12(11)8-13/h4-5,8-10H,1-3,6-7,15H2. The van der Waals surface area contributed by atoms with Crippen LogP contribution in [0.1, 0.15) is 17.5 Å². The van der Waals surface area contributed by atoms with Gasteiger partial charge in [0, 0.05) is 24.8 Å². The van der Waals surface area contributed by atoms with Crippen molar-refractivity contribution in [2.24, 2.45) is 5.73 Å². The van der Waals surface area contributed by atoms with Crippen LogP contribution in [0.15, 0.2) is 30.7 Å². The van der Waals surface area contributed by atoms with Crippen LogP contribution in [-0.4, -0.2) is 16.1 Å². The molecule has 0 bridgehead atoms. The summed E-state index contributed by atoms with van der Waals surface area (Å²) in [6.07, 6.45) is 7.67. The molecule has 0 fully saturated rings. The van der Waals surface area contributed by atoms with Gasteiger partial charge in [0.1, 0.15) is 0 Å². The summed E-state index contributed by atoms with van der Waals surface area (Å²) in [7, 11) is 0. The lowest BCUT2D eigenvalue weighted by Gasteiger charge is -2.02. The zero-order valence-corrected chi connectivity index (χ0v) is 9.89. The minimum absolute atomic E-state index is 0.653. The molecule has 0 saturated heterocycles. The van der Waals surface area contributed by atoms with Gasteiger partial charge < -0.3 is 10.3 Å². The van der Waals surface area contributed by atoms with Crippen molar-refractivity contribution in [2.75, 3.05) is 6.54 Å². The number of aromatic nitrogens is 2. The minimum Gasteiger partial charge on any atom is -0.336 e. The Morgan fingerprint density at radius 1 is 1.24 bits per heavy atom. The molecular weight excluding hydrogens is 210 g/mol. The summed E-state index contributed by atoms with van der Waals surface area (Å²) < 4.78 is 2.04. The second kappa shape index (κ2) is 4.34. The maximum atomic E-state index is 5.53. The molecule has 88 valence electrons. The fourth-order valence-corrected chi connectivity index (χ4v) is 2.51. The molecule has 0 spiro atoms. The van der Waals surface area contributed by atoms with Crippen molar-refractivity contribution in [1.82, 2.24) is 9.55 Å². The molecule has 2 N–H and O–H groups in total. The molecule has 1 aliphatic rings. The van der Waals surface area contributed by atoms with Crippen LogP contribution in [0.4, 0.5) is 0 Å². The zero-order valence-electron chi connectivity index (χ0n) is 9.89.